The van der Waals surface area contributed by atoms with Gasteiger partial charge in [-0.15, -0.1) is 12.4 Å². The van der Waals surface area contributed by atoms with Crippen molar-refractivity contribution >= 4 is 24.0 Å². The van der Waals surface area contributed by atoms with E-state index in [-0.39, 0.29) is 24.4 Å². The number of hydrogen-bond donors (Lipinski definition) is 2. The normalized spacial score (nSPS) is 20.5. The molecule has 0 bridgehead atoms. The van der Waals surface area contributed by atoms with E-state index in [1.54, 1.807) is 32.4 Å². The SMILES string of the molecule is COc1ccc(NC(=O)[C@@H]2CC[C@H](CN)O2)cc1OC.Cl. The Bertz CT molecular complexity index is 484. The molecule has 1 aliphatic rings. The summed E-state index contributed by atoms with van der Waals surface area (Å²) < 4.78 is 15.9. The van der Waals surface area contributed by atoms with Gasteiger partial charge in [0.05, 0.1) is 20.3 Å². The molecule has 1 saturated heterocycles. The van der Waals surface area contributed by atoms with Gasteiger partial charge in [0.25, 0.3) is 5.91 Å². The summed E-state index contributed by atoms with van der Waals surface area (Å²) in [5.74, 6) is 1.02. The minimum Gasteiger partial charge on any atom is -0.493 e. The number of rotatable bonds is 5. The van der Waals surface area contributed by atoms with Crippen molar-refractivity contribution < 1.29 is 19.0 Å². The highest BCUT2D eigenvalue weighted by Crippen LogP contribution is 2.30. The quantitative estimate of drug-likeness (QED) is 0.861. The molecule has 2 atom stereocenters. The highest BCUT2D eigenvalue weighted by molar-refractivity contribution is 5.94. The molecule has 2 rings (SSSR count). The maximum atomic E-state index is 12.1. The lowest BCUT2D eigenvalue weighted by Gasteiger charge is -2.14. The van der Waals surface area contributed by atoms with Crippen LogP contribution in [0.2, 0.25) is 0 Å². The fourth-order valence-electron chi connectivity index (χ4n) is 2.21. The van der Waals surface area contributed by atoms with E-state index in [1.807, 2.05) is 0 Å². The summed E-state index contributed by atoms with van der Waals surface area (Å²) in [4.78, 5) is 12.1. The number of methoxy groups -OCH3 is 2. The molecule has 1 aromatic rings. The molecule has 1 aliphatic heterocycles. The van der Waals surface area contributed by atoms with Crippen LogP contribution in [0.15, 0.2) is 18.2 Å². The molecule has 0 unspecified atom stereocenters. The summed E-state index contributed by atoms with van der Waals surface area (Å²) in [5.41, 5.74) is 6.18. The van der Waals surface area contributed by atoms with E-state index >= 15 is 0 Å². The van der Waals surface area contributed by atoms with Crippen molar-refractivity contribution in [1.82, 2.24) is 0 Å². The molecule has 6 nitrogen and oxygen atoms in total. The van der Waals surface area contributed by atoms with Crippen LogP contribution < -0.4 is 20.5 Å². The van der Waals surface area contributed by atoms with Gasteiger partial charge in [0.2, 0.25) is 0 Å². The number of ether oxygens (including phenoxy) is 3. The lowest BCUT2D eigenvalue weighted by Crippen LogP contribution is -2.29. The molecule has 0 aromatic heterocycles. The number of anilines is 1. The van der Waals surface area contributed by atoms with E-state index in [1.165, 1.54) is 0 Å². The fourth-order valence-corrected chi connectivity index (χ4v) is 2.21. The lowest BCUT2D eigenvalue weighted by molar-refractivity contribution is -0.126. The van der Waals surface area contributed by atoms with Crippen LogP contribution in [-0.4, -0.2) is 38.9 Å². The number of carbonyl (C=O) groups excluding carboxylic acids is 1. The van der Waals surface area contributed by atoms with Crippen LogP contribution >= 0.6 is 12.4 Å². The zero-order chi connectivity index (χ0) is 14.5. The van der Waals surface area contributed by atoms with Gasteiger partial charge in [-0.3, -0.25) is 4.79 Å². The Hall–Kier alpha value is -1.50. The lowest BCUT2D eigenvalue weighted by atomic mass is 10.2. The first-order valence-corrected chi connectivity index (χ1v) is 6.56. The first kappa shape index (κ1) is 17.6. The Morgan fingerprint density at radius 3 is 2.62 bits per heavy atom. The molecule has 0 radical (unpaired) electrons. The van der Waals surface area contributed by atoms with Crippen molar-refractivity contribution in [2.45, 2.75) is 25.0 Å². The third-order valence-electron chi connectivity index (χ3n) is 3.31. The van der Waals surface area contributed by atoms with Crippen molar-refractivity contribution in [3.05, 3.63) is 18.2 Å². The fraction of sp³-hybridized carbons (Fsp3) is 0.500. The summed E-state index contributed by atoms with van der Waals surface area (Å²) in [5, 5.41) is 2.81. The van der Waals surface area contributed by atoms with Crippen molar-refractivity contribution in [3.63, 3.8) is 0 Å². The Labute approximate surface area is 130 Å². The molecule has 1 fully saturated rings. The topological polar surface area (TPSA) is 82.8 Å². The highest BCUT2D eigenvalue weighted by Gasteiger charge is 2.29. The van der Waals surface area contributed by atoms with Crippen LogP contribution in [0.25, 0.3) is 0 Å². The minimum absolute atomic E-state index is 0. The first-order chi connectivity index (χ1) is 9.67. The Balaban J connectivity index is 0.00000220. The molecule has 3 N–H and O–H groups in total. The number of hydrogen-bond acceptors (Lipinski definition) is 5. The van der Waals surface area contributed by atoms with Crippen LogP contribution in [0.5, 0.6) is 11.5 Å². The van der Waals surface area contributed by atoms with Crippen LogP contribution in [0.4, 0.5) is 5.69 Å². The van der Waals surface area contributed by atoms with Gasteiger partial charge in [-0.05, 0) is 25.0 Å². The number of carbonyl (C=O) groups is 1. The molecule has 7 heteroatoms. The zero-order valence-corrected chi connectivity index (χ0v) is 12.9. The van der Waals surface area contributed by atoms with Crippen LogP contribution in [0, 0.1) is 0 Å². The van der Waals surface area contributed by atoms with E-state index in [0.717, 1.165) is 6.42 Å². The summed E-state index contributed by atoms with van der Waals surface area (Å²) in [6.07, 6.45) is 1.06. The zero-order valence-electron chi connectivity index (χ0n) is 12.1. The molecular weight excluding hydrogens is 296 g/mol. The largest absolute Gasteiger partial charge is 0.493 e. The maximum Gasteiger partial charge on any atom is 0.253 e. The van der Waals surface area contributed by atoms with Crippen LogP contribution in [-0.2, 0) is 9.53 Å². The molecule has 21 heavy (non-hydrogen) atoms. The number of amides is 1. The molecule has 0 saturated carbocycles. The van der Waals surface area contributed by atoms with Gasteiger partial charge in [0.1, 0.15) is 6.10 Å². The standard InChI is InChI=1S/C14H20N2O4.ClH/c1-18-11-5-3-9(7-13(11)19-2)16-14(17)12-6-4-10(8-15)20-12;/h3,5,7,10,12H,4,6,8,15H2,1-2H3,(H,16,17);1H/t10-,12+;/m1./s1. The second-order valence-corrected chi connectivity index (χ2v) is 4.62. The monoisotopic (exact) mass is 316 g/mol. The third kappa shape index (κ3) is 4.23. The molecular formula is C14H21ClN2O4. The molecule has 118 valence electrons. The number of nitrogens with two attached hydrogens (primary N) is 1. The molecule has 1 aromatic carbocycles. The summed E-state index contributed by atoms with van der Waals surface area (Å²) in [6.45, 7) is 0.445. The first-order valence-electron chi connectivity index (χ1n) is 6.56. The summed E-state index contributed by atoms with van der Waals surface area (Å²) >= 11 is 0. The maximum absolute atomic E-state index is 12.1. The van der Waals surface area contributed by atoms with Gasteiger partial charge in [0.15, 0.2) is 11.5 Å². The Kier molecular flexibility index (Phi) is 6.74. The average Bonchev–Trinajstić information content (AvgIpc) is 2.96. The smallest absolute Gasteiger partial charge is 0.253 e. The van der Waals surface area contributed by atoms with Gasteiger partial charge in [-0.25, -0.2) is 0 Å². The van der Waals surface area contributed by atoms with E-state index in [9.17, 15) is 4.79 Å². The highest BCUT2D eigenvalue weighted by atomic mass is 35.5. The van der Waals surface area contributed by atoms with Crippen LogP contribution in [0.1, 0.15) is 12.8 Å². The van der Waals surface area contributed by atoms with Crippen LogP contribution in [0.3, 0.4) is 0 Å². The van der Waals surface area contributed by atoms with Crippen molar-refractivity contribution in [3.8, 4) is 11.5 Å². The minimum atomic E-state index is -0.434. The molecule has 1 amide bonds. The number of nitrogens with one attached hydrogen (secondary N) is 1. The average molecular weight is 317 g/mol. The molecule has 0 aliphatic carbocycles. The Morgan fingerprint density at radius 1 is 1.33 bits per heavy atom. The second-order valence-electron chi connectivity index (χ2n) is 4.62. The van der Waals surface area contributed by atoms with Crippen molar-refractivity contribution in [1.29, 1.82) is 0 Å². The second kappa shape index (κ2) is 8.07. The summed E-state index contributed by atoms with van der Waals surface area (Å²) in [7, 11) is 3.12. The Morgan fingerprint density at radius 2 is 2.05 bits per heavy atom. The van der Waals surface area contributed by atoms with Gasteiger partial charge in [-0.2, -0.15) is 0 Å². The van der Waals surface area contributed by atoms with E-state index < -0.39 is 6.10 Å². The molecule has 0 spiro atoms. The predicted molar refractivity (Wildman–Crippen MR) is 82.4 cm³/mol. The van der Waals surface area contributed by atoms with E-state index in [4.69, 9.17) is 19.9 Å². The molecule has 1 heterocycles. The van der Waals surface area contributed by atoms with Gasteiger partial charge in [-0.1, -0.05) is 0 Å². The number of benzene rings is 1. The third-order valence-corrected chi connectivity index (χ3v) is 3.31. The van der Waals surface area contributed by atoms with Gasteiger partial charge in [0, 0.05) is 18.3 Å². The van der Waals surface area contributed by atoms with Crippen molar-refractivity contribution in [2.75, 3.05) is 26.1 Å². The number of halogens is 1. The predicted octanol–water partition coefficient (Wildman–Crippen LogP) is 1.57. The van der Waals surface area contributed by atoms with E-state index in [2.05, 4.69) is 5.32 Å². The van der Waals surface area contributed by atoms with Crippen molar-refractivity contribution in [2.24, 2.45) is 5.73 Å². The van der Waals surface area contributed by atoms with E-state index in [0.29, 0.717) is 30.2 Å². The van der Waals surface area contributed by atoms with Gasteiger partial charge >= 0.3 is 0 Å². The summed E-state index contributed by atoms with van der Waals surface area (Å²) in [6, 6.07) is 5.22. The van der Waals surface area contributed by atoms with Gasteiger partial charge < -0.3 is 25.3 Å².